The molecule has 0 fully saturated rings. The highest BCUT2D eigenvalue weighted by Gasteiger charge is 2.30. The van der Waals surface area contributed by atoms with Gasteiger partial charge in [-0.3, -0.25) is 9.10 Å². The van der Waals surface area contributed by atoms with Crippen LogP contribution >= 0.6 is 0 Å². The zero-order chi connectivity index (χ0) is 20.2. The maximum Gasteiger partial charge on any atom is 0.244 e. The highest BCUT2D eigenvalue weighted by molar-refractivity contribution is 7.92. The van der Waals surface area contributed by atoms with Crippen LogP contribution in [0.15, 0.2) is 48.5 Å². The molecule has 2 aromatic carbocycles. The average Bonchev–Trinajstić information content (AvgIpc) is 2.60. The van der Waals surface area contributed by atoms with Crippen LogP contribution in [-0.2, 0) is 14.8 Å². The summed E-state index contributed by atoms with van der Waals surface area (Å²) >= 11 is 0. The Kier molecular flexibility index (Phi) is 6.43. The van der Waals surface area contributed by atoms with Gasteiger partial charge in [0.25, 0.3) is 0 Å². The number of ether oxygens (including phenoxy) is 1. The molecule has 6 nitrogen and oxygen atoms in total. The van der Waals surface area contributed by atoms with Gasteiger partial charge in [-0.15, -0.1) is 0 Å². The van der Waals surface area contributed by atoms with Crippen LogP contribution in [-0.4, -0.2) is 33.7 Å². The highest BCUT2D eigenvalue weighted by Crippen LogP contribution is 2.26. The smallest absolute Gasteiger partial charge is 0.244 e. The number of sulfonamides is 1. The summed E-state index contributed by atoms with van der Waals surface area (Å²) in [6.07, 6.45) is 0.978. The van der Waals surface area contributed by atoms with E-state index in [9.17, 15) is 17.6 Å². The van der Waals surface area contributed by atoms with E-state index in [-0.39, 0.29) is 5.69 Å². The van der Waals surface area contributed by atoms with Crippen molar-refractivity contribution in [1.82, 2.24) is 5.32 Å². The van der Waals surface area contributed by atoms with Gasteiger partial charge in [-0.1, -0.05) is 24.3 Å². The van der Waals surface area contributed by atoms with Crippen molar-refractivity contribution < 1.29 is 22.3 Å². The predicted molar refractivity (Wildman–Crippen MR) is 103 cm³/mol. The van der Waals surface area contributed by atoms with Crippen LogP contribution in [0.4, 0.5) is 10.1 Å². The molecule has 27 heavy (non-hydrogen) atoms. The zero-order valence-corrected chi connectivity index (χ0v) is 16.5. The van der Waals surface area contributed by atoms with Gasteiger partial charge in [-0.25, -0.2) is 12.8 Å². The molecule has 2 atom stereocenters. The Morgan fingerprint density at radius 1 is 1.15 bits per heavy atom. The van der Waals surface area contributed by atoms with E-state index in [1.807, 2.05) is 18.2 Å². The number of amides is 1. The summed E-state index contributed by atoms with van der Waals surface area (Å²) in [5.74, 6) is -0.484. The van der Waals surface area contributed by atoms with Crippen LogP contribution in [0.25, 0.3) is 0 Å². The molecule has 0 aliphatic carbocycles. The lowest BCUT2D eigenvalue weighted by molar-refractivity contribution is -0.122. The quantitative estimate of drug-likeness (QED) is 0.784. The molecule has 2 aromatic rings. The number of carbonyl (C=O) groups excluding carboxylic acids is 1. The van der Waals surface area contributed by atoms with Crippen molar-refractivity contribution in [2.75, 3.05) is 17.7 Å². The van der Waals surface area contributed by atoms with E-state index in [4.69, 9.17) is 4.74 Å². The molecule has 0 aliphatic heterocycles. The summed E-state index contributed by atoms with van der Waals surface area (Å²) in [6.45, 7) is 3.23. The van der Waals surface area contributed by atoms with Crippen LogP contribution in [0.3, 0.4) is 0 Å². The molecule has 0 spiro atoms. The number of halogens is 1. The Morgan fingerprint density at radius 3 is 2.41 bits per heavy atom. The number of para-hydroxylation sites is 1. The van der Waals surface area contributed by atoms with Gasteiger partial charge in [0, 0.05) is 5.56 Å². The Bertz CT molecular complexity index is 917. The molecule has 0 saturated carbocycles. The van der Waals surface area contributed by atoms with Crippen LogP contribution in [0.2, 0.25) is 0 Å². The molecule has 0 bridgehead atoms. The third kappa shape index (κ3) is 4.97. The van der Waals surface area contributed by atoms with Gasteiger partial charge in [0.05, 0.1) is 25.1 Å². The van der Waals surface area contributed by atoms with E-state index in [2.05, 4.69) is 5.32 Å². The molecule has 2 rings (SSSR count). The van der Waals surface area contributed by atoms with Gasteiger partial charge in [0.2, 0.25) is 15.9 Å². The van der Waals surface area contributed by atoms with Crippen molar-refractivity contribution in [3.05, 3.63) is 59.9 Å². The van der Waals surface area contributed by atoms with Gasteiger partial charge in [-0.2, -0.15) is 0 Å². The lowest BCUT2D eigenvalue weighted by atomic mass is 10.1. The third-order valence-corrected chi connectivity index (χ3v) is 5.36. The zero-order valence-electron chi connectivity index (χ0n) is 15.6. The maximum atomic E-state index is 13.6. The molecule has 146 valence electrons. The van der Waals surface area contributed by atoms with Gasteiger partial charge < -0.3 is 10.1 Å². The molecule has 0 saturated heterocycles. The van der Waals surface area contributed by atoms with Crippen molar-refractivity contribution in [3.63, 3.8) is 0 Å². The Balaban J connectivity index is 2.27. The minimum Gasteiger partial charge on any atom is -0.496 e. The largest absolute Gasteiger partial charge is 0.496 e. The molecule has 8 heteroatoms. The van der Waals surface area contributed by atoms with Gasteiger partial charge in [-0.05, 0) is 38.1 Å². The predicted octanol–water partition coefficient (Wildman–Crippen LogP) is 2.87. The van der Waals surface area contributed by atoms with Gasteiger partial charge >= 0.3 is 0 Å². The van der Waals surface area contributed by atoms with Gasteiger partial charge in [0.1, 0.15) is 17.6 Å². The lowest BCUT2D eigenvalue weighted by Crippen LogP contribution is -2.48. The van der Waals surface area contributed by atoms with E-state index in [1.54, 1.807) is 13.0 Å². The van der Waals surface area contributed by atoms with Crippen molar-refractivity contribution in [3.8, 4) is 5.75 Å². The highest BCUT2D eigenvalue weighted by atomic mass is 32.2. The van der Waals surface area contributed by atoms with E-state index in [1.165, 1.54) is 32.2 Å². The maximum absolute atomic E-state index is 13.6. The number of nitrogens with one attached hydrogen (secondary N) is 1. The van der Waals surface area contributed by atoms with Crippen molar-refractivity contribution >= 4 is 21.6 Å². The molecule has 1 amide bonds. The number of hydrogen-bond donors (Lipinski definition) is 1. The second kappa shape index (κ2) is 8.39. The van der Waals surface area contributed by atoms with Gasteiger partial charge in [0.15, 0.2) is 0 Å². The third-order valence-electron chi connectivity index (χ3n) is 4.12. The fourth-order valence-corrected chi connectivity index (χ4v) is 4.02. The average molecular weight is 394 g/mol. The molecule has 0 aromatic heterocycles. The molecule has 1 N–H and O–H groups in total. The number of anilines is 1. The lowest BCUT2D eigenvalue weighted by Gasteiger charge is -2.29. The number of nitrogens with zero attached hydrogens (tertiary/aromatic N) is 1. The topological polar surface area (TPSA) is 75.7 Å². The van der Waals surface area contributed by atoms with E-state index >= 15 is 0 Å². The molecule has 0 unspecified atom stereocenters. The Morgan fingerprint density at radius 2 is 1.81 bits per heavy atom. The summed E-state index contributed by atoms with van der Waals surface area (Å²) in [5, 5.41) is 2.79. The Hall–Kier alpha value is -2.61. The van der Waals surface area contributed by atoms with Crippen LogP contribution in [0.1, 0.15) is 25.5 Å². The van der Waals surface area contributed by atoms with Crippen LogP contribution in [0.5, 0.6) is 5.75 Å². The number of hydrogen-bond acceptors (Lipinski definition) is 4. The summed E-state index contributed by atoms with van der Waals surface area (Å²) in [6, 6.07) is 10.9. The fourth-order valence-electron chi connectivity index (χ4n) is 2.86. The first kappa shape index (κ1) is 20.7. The summed E-state index contributed by atoms with van der Waals surface area (Å²) < 4.78 is 44.3. The van der Waals surface area contributed by atoms with E-state index in [0.717, 1.165) is 22.2 Å². The second-order valence-corrected chi connectivity index (χ2v) is 8.05. The number of benzene rings is 2. The summed E-state index contributed by atoms with van der Waals surface area (Å²) in [5.41, 5.74) is 0.849. The van der Waals surface area contributed by atoms with Crippen molar-refractivity contribution in [1.29, 1.82) is 0 Å². The standard InChI is InChI=1S/C19H23FN2O4S/c1-13(17-10-5-6-11-18(17)26-3)21-19(23)14(2)22(27(4,24)25)16-9-7-8-15(20)12-16/h5-14H,1-4H3,(H,21,23)/t13-,14-/m0/s1. The number of rotatable bonds is 7. The number of carbonyl (C=O) groups is 1. The molecular weight excluding hydrogens is 371 g/mol. The first-order valence-electron chi connectivity index (χ1n) is 8.33. The number of methoxy groups -OCH3 is 1. The van der Waals surface area contributed by atoms with E-state index < -0.39 is 33.8 Å². The minimum atomic E-state index is -3.81. The monoisotopic (exact) mass is 394 g/mol. The second-order valence-electron chi connectivity index (χ2n) is 6.19. The van der Waals surface area contributed by atoms with Crippen LogP contribution < -0.4 is 14.4 Å². The first-order chi connectivity index (χ1) is 12.6. The molecule has 0 aliphatic rings. The molecular formula is C19H23FN2O4S. The Labute approximate surface area is 159 Å². The van der Waals surface area contributed by atoms with E-state index in [0.29, 0.717) is 5.75 Å². The summed E-state index contributed by atoms with van der Waals surface area (Å²) in [7, 11) is -2.28. The van der Waals surface area contributed by atoms with Crippen LogP contribution in [0, 0.1) is 5.82 Å². The summed E-state index contributed by atoms with van der Waals surface area (Å²) in [4.78, 5) is 12.7. The molecule has 0 radical (unpaired) electrons. The normalized spacial score (nSPS) is 13.5. The fraction of sp³-hybridized carbons (Fsp3) is 0.316. The SMILES string of the molecule is COc1ccccc1[C@H](C)NC(=O)[C@H](C)N(c1cccc(F)c1)S(C)(=O)=O. The van der Waals surface area contributed by atoms with Crippen molar-refractivity contribution in [2.24, 2.45) is 0 Å². The minimum absolute atomic E-state index is 0.0881. The first-order valence-corrected chi connectivity index (χ1v) is 10.2. The van der Waals surface area contributed by atoms with Crippen molar-refractivity contribution in [2.45, 2.75) is 25.9 Å². The molecule has 0 heterocycles.